The molecule has 2 rings (SSSR count). The van der Waals surface area contributed by atoms with Crippen LogP contribution in [0.3, 0.4) is 0 Å². The second-order valence-corrected chi connectivity index (χ2v) is 6.51. The molecule has 1 heterocycles. The van der Waals surface area contributed by atoms with E-state index in [1.54, 1.807) is 4.90 Å². The number of amides is 2. The summed E-state index contributed by atoms with van der Waals surface area (Å²) in [6, 6.07) is -0.356. The quantitative estimate of drug-likeness (QED) is 0.675. The Labute approximate surface area is 125 Å². The Kier molecular flexibility index (Phi) is 5.08. The average Bonchev–Trinajstić information content (AvgIpc) is 2.68. The Hall–Kier alpha value is -1.30. The molecule has 1 saturated heterocycles. The molecule has 3 N–H and O–H groups in total. The van der Waals surface area contributed by atoms with E-state index in [-0.39, 0.29) is 18.5 Å². The first-order chi connectivity index (χ1) is 9.94. The molecule has 2 aliphatic rings. The van der Waals surface area contributed by atoms with Crippen molar-refractivity contribution in [3.63, 3.8) is 0 Å². The first kappa shape index (κ1) is 16.1. The maximum atomic E-state index is 12.4. The van der Waals surface area contributed by atoms with Gasteiger partial charge in [0.25, 0.3) is 0 Å². The molecule has 0 aromatic carbocycles. The van der Waals surface area contributed by atoms with E-state index in [2.05, 4.69) is 5.32 Å². The number of carboxylic acid groups (broad SMARTS) is 1. The van der Waals surface area contributed by atoms with Crippen molar-refractivity contribution in [2.24, 2.45) is 5.92 Å². The zero-order valence-electron chi connectivity index (χ0n) is 12.7. The zero-order valence-corrected chi connectivity index (χ0v) is 12.7. The minimum absolute atomic E-state index is 0.181. The molecular weight excluding hydrogens is 272 g/mol. The number of urea groups is 1. The molecule has 120 valence electrons. The topological polar surface area (TPSA) is 89.9 Å². The summed E-state index contributed by atoms with van der Waals surface area (Å²) in [5.74, 6) is -0.760. The van der Waals surface area contributed by atoms with Gasteiger partial charge in [0.2, 0.25) is 0 Å². The van der Waals surface area contributed by atoms with Crippen molar-refractivity contribution in [2.45, 2.75) is 63.5 Å². The summed E-state index contributed by atoms with van der Waals surface area (Å²) in [5.41, 5.74) is -1.14. The molecule has 0 aromatic heterocycles. The van der Waals surface area contributed by atoms with Crippen LogP contribution < -0.4 is 5.32 Å². The molecular formula is C15H26N2O4. The van der Waals surface area contributed by atoms with Gasteiger partial charge in [0, 0.05) is 13.1 Å². The fourth-order valence-corrected chi connectivity index (χ4v) is 3.24. The molecule has 2 unspecified atom stereocenters. The highest BCUT2D eigenvalue weighted by molar-refractivity contribution is 5.86. The second-order valence-electron chi connectivity index (χ2n) is 6.51. The van der Waals surface area contributed by atoms with Crippen molar-refractivity contribution in [3.05, 3.63) is 0 Å². The maximum Gasteiger partial charge on any atom is 0.329 e. The van der Waals surface area contributed by atoms with Gasteiger partial charge in [-0.25, -0.2) is 9.59 Å². The van der Waals surface area contributed by atoms with Crippen LogP contribution in [0.5, 0.6) is 0 Å². The zero-order chi connectivity index (χ0) is 15.5. The fraction of sp³-hybridized carbons (Fsp3) is 0.867. The number of aliphatic carboxylic acids is 1. The predicted molar refractivity (Wildman–Crippen MR) is 78.0 cm³/mol. The van der Waals surface area contributed by atoms with Crippen LogP contribution >= 0.6 is 0 Å². The highest BCUT2D eigenvalue weighted by Gasteiger charge is 2.41. The highest BCUT2D eigenvalue weighted by atomic mass is 16.4. The number of nitrogens with one attached hydrogen (secondary N) is 1. The summed E-state index contributed by atoms with van der Waals surface area (Å²) in [6.45, 7) is 2.81. The van der Waals surface area contributed by atoms with Crippen LogP contribution in [0.1, 0.15) is 51.9 Å². The third-order valence-corrected chi connectivity index (χ3v) is 4.92. The average molecular weight is 298 g/mol. The van der Waals surface area contributed by atoms with E-state index in [0.717, 1.165) is 32.1 Å². The molecule has 21 heavy (non-hydrogen) atoms. The predicted octanol–water partition coefficient (Wildman–Crippen LogP) is 1.58. The van der Waals surface area contributed by atoms with E-state index in [0.29, 0.717) is 19.4 Å². The number of hydrogen-bond donors (Lipinski definition) is 3. The summed E-state index contributed by atoms with van der Waals surface area (Å²) < 4.78 is 0. The molecule has 2 atom stereocenters. The number of carbonyl (C=O) groups is 2. The number of carbonyl (C=O) groups excluding carboxylic acids is 1. The van der Waals surface area contributed by atoms with Gasteiger partial charge in [0.15, 0.2) is 0 Å². The molecule has 0 radical (unpaired) electrons. The van der Waals surface area contributed by atoms with Crippen molar-refractivity contribution in [1.82, 2.24) is 10.2 Å². The number of carboxylic acids is 1. The van der Waals surface area contributed by atoms with Gasteiger partial charge >= 0.3 is 12.0 Å². The lowest BCUT2D eigenvalue weighted by atomic mass is 9.90. The largest absolute Gasteiger partial charge is 0.480 e. The highest BCUT2D eigenvalue weighted by Crippen LogP contribution is 2.28. The molecule has 0 bridgehead atoms. The summed E-state index contributed by atoms with van der Waals surface area (Å²) >= 11 is 0. The van der Waals surface area contributed by atoms with Crippen LogP contribution in [0, 0.1) is 5.92 Å². The van der Waals surface area contributed by atoms with Gasteiger partial charge in [0.1, 0.15) is 5.54 Å². The standard InChI is InChI=1S/C15H26N2O4/c1-11-6-9-17(10-12(11)18)14(21)16-15(13(19)20)7-4-2-3-5-8-15/h11-12,18H,2-10H2,1H3,(H,16,21)(H,19,20). The number of likely N-dealkylation sites (tertiary alicyclic amines) is 1. The van der Waals surface area contributed by atoms with Crippen LogP contribution in [0.4, 0.5) is 4.79 Å². The van der Waals surface area contributed by atoms with Gasteiger partial charge in [-0.1, -0.05) is 32.6 Å². The Morgan fingerprint density at radius 1 is 1.19 bits per heavy atom. The Balaban J connectivity index is 2.03. The minimum Gasteiger partial charge on any atom is -0.480 e. The van der Waals surface area contributed by atoms with E-state index in [4.69, 9.17) is 0 Å². The van der Waals surface area contributed by atoms with Gasteiger partial charge in [-0.3, -0.25) is 0 Å². The van der Waals surface area contributed by atoms with Crippen LogP contribution in [-0.2, 0) is 4.79 Å². The molecule has 0 aromatic rings. The lowest BCUT2D eigenvalue weighted by Gasteiger charge is -2.37. The summed E-state index contributed by atoms with van der Waals surface area (Å²) in [5, 5.41) is 22.2. The van der Waals surface area contributed by atoms with Gasteiger partial charge in [-0.05, 0) is 25.2 Å². The van der Waals surface area contributed by atoms with Crippen LogP contribution in [0.2, 0.25) is 0 Å². The van der Waals surface area contributed by atoms with E-state index in [9.17, 15) is 19.8 Å². The van der Waals surface area contributed by atoms with Crippen LogP contribution in [0.25, 0.3) is 0 Å². The molecule has 6 heteroatoms. The Bertz CT molecular complexity index is 391. The number of rotatable bonds is 2. The molecule has 0 spiro atoms. The Morgan fingerprint density at radius 2 is 1.81 bits per heavy atom. The smallest absolute Gasteiger partial charge is 0.329 e. The van der Waals surface area contributed by atoms with E-state index >= 15 is 0 Å². The number of nitrogens with zero attached hydrogens (tertiary/aromatic N) is 1. The molecule has 2 fully saturated rings. The van der Waals surface area contributed by atoms with Crippen molar-refractivity contribution in [2.75, 3.05) is 13.1 Å². The van der Waals surface area contributed by atoms with Gasteiger partial charge < -0.3 is 20.4 Å². The van der Waals surface area contributed by atoms with Gasteiger partial charge in [-0.2, -0.15) is 0 Å². The first-order valence-electron chi connectivity index (χ1n) is 7.93. The lowest BCUT2D eigenvalue weighted by molar-refractivity contribution is -0.145. The van der Waals surface area contributed by atoms with Crippen LogP contribution in [-0.4, -0.2) is 51.8 Å². The first-order valence-corrected chi connectivity index (χ1v) is 7.93. The van der Waals surface area contributed by atoms with Crippen molar-refractivity contribution in [1.29, 1.82) is 0 Å². The number of piperidine rings is 1. The fourth-order valence-electron chi connectivity index (χ4n) is 3.24. The summed E-state index contributed by atoms with van der Waals surface area (Å²) in [7, 11) is 0. The molecule has 1 aliphatic carbocycles. The summed E-state index contributed by atoms with van der Waals surface area (Å²) in [4.78, 5) is 25.6. The van der Waals surface area contributed by atoms with Crippen LogP contribution in [0.15, 0.2) is 0 Å². The van der Waals surface area contributed by atoms with Gasteiger partial charge in [-0.15, -0.1) is 0 Å². The van der Waals surface area contributed by atoms with Crippen molar-refractivity contribution < 1.29 is 19.8 Å². The van der Waals surface area contributed by atoms with E-state index in [1.165, 1.54) is 0 Å². The number of hydrogen-bond acceptors (Lipinski definition) is 3. The normalized spacial score (nSPS) is 29.5. The second kappa shape index (κ2) is 6.64. The third kappa shape index (κ3) is 3.67. The van der Waals surface area contributed by atoms with Crippen molar-refractivity contribution in [3.8, 4) is 0 Å². The molecule has 1 saturated carbocycles. The van der Waals surface area contributed by atoms with E-state index in [1.807, 2.05) is 6.92 Å². The minimum atomic E-state index is -1.14. The Morgan fingerprint density at radius 3 is 2.33 bits per heavy atom. The molecule has 1 aliphatic heterocycles. The molecule has 6 nitrogen and oxygen atoms in total. The van der Waals surface area contributed by atoms with Crippen molar-refractivity contribution >= 4 is 12.0 Å². The summed E-state index contributed by atoms with van der Waals surface area (Å²) in [6.07, 6.45) is 4.88. The third-order valence-electron chi connectivity index (χ3n) is 4.92. The monoisotopic (exact) mass is 298 g/mol. The maximum absolute atomic E-state index is 12.4. The number of aliphatic hydroxyl groups excluding tert-OH is 1. The number of β-amino-alcohol motifs (C(OH)–C–C–N with tert-alkyl or cyclic N) is 1. The number of aliphatic hydroxyl groups is 1. The van der Waals surface area contributed by atoms with E-state index < -0.39 is 17.6 Å². The van der Waals surface area contributed by atoms with Gasteiger partial charge in [0.05, 0.1) is 6.10 Å². The molecule has 2 amide bonds. The SMILES string of the molecule is CC1CCN(C(=O)NC2(C(=O)O)CCCCCC2)CC1O. The lowest BCUT2D eigenvalue weighted by Crippen LogP contribution is -2.59.